The number of benzene rings is 1. The van der Waals surface area contributed by atoms with E-state index in [2.05, 4.69) is 30.5 Å². The summed E-state index contributed by atoms with van der Waals surface area (Å²) in [5.41, 5.74) is 8.92. The number of pyridine rings is 1. The Labute approximate surface area is 203 Å². The fourth-order valence-corrected chi connectivity index (χ4v) is 4.27. The zero-order valence-corrected chi connectivity index (χ0v) is 19.4. The van der Waals surface area contributed by atoms with Gasteiger partial charge < -0.3 is 30.7 Å². The number of nitrogen functional groups attached to an aromatic ring is 1. The molecule has 0 bridgehead atoms. The van der Waals surface area contributed by atoms with E-state index < -0.39 is 5.91 Å². The first kappa shape index (κ1) is 23.0. The van der Waals surface area contributed by atoms with Crippen LogP contribution in [0.25, 0.3) is 11.3 Å². The normalized spacial score (nSPS) is 18.2. The van der Waals surface area contributed by atoms with E-state index in [-0.39, 0.29) is 17.6 Å². The van der Waals surface area contributed by atoms with E-state index in [0.717, 1.165) is 56.0 Å². The number of nitrogens with one attached hydrogen (secondary N) is 2. The molecular weight excluding hydrogens is 446 g/mol. The van der Waals surface area contributed by atoms with Gasteiger partial charge in [-0.05, 0) is 49.7 Å². The van der Waals surface area contributed by atoms with Gasteiger partial charge in [0.25, 0.3) is 5.91 Å². The summed E-state index contributed by atoms with van der Waals surface area (Å²) in [7, 11) is 0. The van der Waals surface area contributed by atoms with Gasteiger partial charge >= 0.3 is 0 Å². The second-order valence-electron chi connectivity index (χ2n) is 8.55. The number of amides is 1. The van der Waals surface area contributed by atoms with E-state index in [1.54, 1.807) is 18.6 Å². The number of rotatable bonds is 6. The van der Waals surface area contributed by atoms with Crippen LogP contribution in [0, 0.1) is 0 Å². The molecule has 4 heterocycles. The summed E-state index contributed by atoms with van der Waals surface area (Å²) in [5, 5.41) is 6.25. The molecule has 0 radical (unpaired) electrons. The Bertz CT molecular complexity index is 1160. The first-order valence-electron chi connectivity index (χ1n) is 11.9. The number of carbonyl (C=O) groups is 1. The third kappa shape index (κ3) is 5.50. The molecule has 0 spiro atoms. The highest BCUT2D eigenvalue weighted by atomic mass is 16.5. The number of aromatic nitrogens is 3. The van der Waals surface area contributed by atoms with Gasteiger partial charge in [0.2, 0.25) is 0 Å². The van der Waals surface area contributed by atoms with Crippen molar-refractivity contribution < 1.29 is 14.3 Å². The van der Waals surface area contributed by atoms with Crippen LogP contribution < -0.4 is 26.0 Å². The van der Waals surface area contributed by atoms with Gasteiger partial charge in [-0.1, -0.05) is 0 Å². The molecule has 2 aliphatic heterocycles. The van der Waals surface area contributed by atoms with Crippen LogP contribution in [-0.2, 0) is 4.74 Å². The van der Waals surface area contributed by atoms with E-state index >= 15 is 0 Å². The molecule has 2 aromatic heterocycles. The summed E-state index contributed by atoms with van der Waals surface area (Å²) in [5.74, 6) is 0.424. The van der Waals surface area contributed by atoms with Gasteiger partial charge in [-0.15, -0.1) is 0 Å². The predicted molar refractivity (Wildman–Crippen MR) is 134 cm³/mol. The fourth-order valence-electron chi connectivity index (χ4n) is 4.27. The standard InChI is InChI=1S/C25H29N7O3/c26-24-23(25(33)31-21-15-28-9-7-22(21)32-10-12-34-13-11-32)30-20(16-29-24)17-3-5-18(6-4-17)35-19-2-1-8-27-14-19/h3-7,9,15-16,19,27H,1-2,8,10-14H2,(H2,26,29)(H,31,33)/t19-/m0/s1. The maximum absolute atomic E-state index is 13.1. The van der Waals surface area contributed by atoms with Crippen LogP contribution in [-0.4, -0.2) is 66.4 Å². The maximum Gasteiger partial charge on any atom is 0.278 e. The summed E-state index contributed by atoms with van der Waals surface area (Å²) in [4.78, 5) is 28.2. The van der Waals surface area contributed by atoms with E-state index in [1.807, 2.05) is 30.3 Å². The summed E-state index contributed by atoms with van der Waals surface area (Å²) >= 11 is 0. The number of nitrogens with two attached hydrogens (primary N) is 1. The Balaban J connectivity index is 1.32. The maximum atomic E-state index is 13.1. The van der Waals surface area contributed by atoms with Crippen LogP contribution >= 0.6 is 0 Å². The van der Waals surface area contributed by atoms with Crippen LogP contribution in [0.1, 0.15) is 23.3 Å². The molecule has 10 heteroatoms. The SMILES string of the molecule is Nc1ncc(-c2ccc(O[C@H]3CCCNC3)cc2)nc1C(=O)Nc1cnccc1N1CCOCC1. The second-order valence-corrected chi connectivity index (χ2v) is 8.55. The minimum absolute atomic E-state index is 0.0628. The van der Waals surface area contributed by atoms with Crippen LogP contribution in [0.4, 0.5) is 17.2 Å². The van der Waals surface area contributed by atoms with Crippen molar-refractivity contribution in [3.63, 3.8) is 0 Å². The molecule has 0 unspecified atom stereocenters. The lowest BCUT2D eigenvalue weighted by Gasteiger charge is -2.30. The van der Waals surface area contributed by atoms with E-state index in [9.17, 15) is 4.79 Å². The largest absolute Gasteiger partial charge is 0.489 e. The van der Waals surface area contributed by atoms with Crippen molar-refractivity contribution in [1.82, 2.24) is 20.3 Å². The monoisotopic (exact) mass is 475 g/mol. The smallest absolute Gasteiger partial charge is 0.278 e. The third-order valence-corrected chi connectivity index (χ3v) is 6.12. The van der Waals surface area contributed by atoms with Gasteiger partial charge in [0.1, 0.15) is 11.9 Å². The number of ether oxygens (including phenoxy) is 2. The topological polar surface area (TPSA) is 128 Å². The number of anilines is 3. The van der Waals surface area contributed by atoms with Crippen LogP contribution in [0.2, 0.25) is 0 Å². The van der Waals surface area contributed by atoms with Crippen molar-refractivity contribution in [1.29, 1.82) is 0 Å². The average molecular weight is 476 g/mol. The molecule has 1 amide bonds. The Morgan fingerprint density at radius 1 is 1.17 bits per heavy atom. The predicted octanol–water partition coefficient (Wildman–Crippen LogP) is 2.34. The van der Waals surface area contributed by atoms with Gasteiger partial charge in [-0.2, -0.15) is 0 Å². The lowest BCUT2D eigenvalue weighted by molar-refractivity contribution is 0.102. The van der Waals surface area contributed by atoms with E-state index in [0.29, 0.717) is 24.6 Å². The minimum atomic E-state index is -0.441. The average Bonchev–Trinajstić information content (AvgIpc) is 2.91. The van der Waals surface area contributed by atoms with Crippen molar-refractivity contribution in [3.05, 3.63) is 54.6 Å². The number of nitrogens with zero attached hydrogens (tertiary/aromatic N) is 4. The molecule has 2 saturated heterocycles. The van der Waals surface area contributed by atoms with Gasteiger partial charge in [-0.25, -0.2) is 9.97 Å². The molecule has 2 fully saturated rings. The molecule has 182 valence electrons. The van der Waals surface area contributed by atoms with Crippen LogP contribution in [0.3, 0.4) is 0 Å². The summed E-state index contributed by atoms with van der Waals surface area (Å²) < 4.78 is 11.5. The number of morpholine rings is 1. The van der Waals surface area contributed by atoms with Gasteiger partial charge in [0, 0.05) is 31.4 Å². The lowest BCUT2D eigenvalue weighted by Crippen LogP contribution is -2.37. The summed E-state index contributed by atoms with van der Waals surface area (Å²) in [6.07, 6.45) is 7.22. The van der Waals surface area contributed by atoms with E-state index in [1.165, 1.54) is 0 Å². The Kier molecular flexibility index (Phi) is 7.01. The minimum Gasteiger partial charge on any atom is -0.489 e. The van der Waals surface area contributed by atoms with Gasteiger partial charge in [0.15, 0.2) is 11.5 Å². The van der Waals surface area contributed by atoms with Crippen molar-refractivity contribution in [2.45, 2.75) is 18.9 Å². The zero-order valence-electron chi connectivity index (χ0n) is 19.4. The Hall–Kier alpha value is -3.76. The Morgan fingerprint density at radius 3 is 2.77 bits per heavy atom. The lowest BCUT2D eigenvalue weighted by atomic mass is 10.1. The number of hydrogen-bond acceptors (Lipinski definition) is 9. The van der Waals surface area contributed by atoms with Crippen LogP contribution in [0.15, 0.2) is 48.9 Å². The summed E-state index contributed by atoms with van der Waals surface area (Å²) in [6.45, 7) is 4.64. The highest BCUT2D eigenvalue weighted by Gasteiger charge is 2.20. The molecule has 5 rings (SSSR count). The second kappa shape index (κ2) is 10.7. The molecule has 1 atom stereocenters. The van der Waals surface area contributed by atoms with Crippen molar-refractivity contribution in [3.8, 4) is 17.0 Å². The highest BCUT2D eigenvalue weighted by molar-refractivity contribution is 6.07. The molecule has 0 aliphatic carbocycles. The molecule has 3 aromatic rings. The van der Waals surface area contributed by atoms with Gasteiger partial charge in [-0.3, -0.25) is 9.78 Å². The summed E-state index contributed by atoms with van der Waals surface area (Å²) in [6, 6.07) is 9.51. The number of hydrogen-bond donors (Lipinski definition) is 3. The number of carbonyl (C=O) groups excluding carboxylic acids is 1. The zero-order chi connectivity index (χ0) is 24.0. The fraction of sp³-hybridized carbons (Fsp3) is 0.360. The number of piperidine rings is 1. The van der Waals surface area contributed by atoms with Crippen molar-refractivity contribution >= 4 is 23.1 Å². The molecular formula is C25H29N7O3. The Morgan fingerprint density at radius 2 is 2.00 bits per heavy atom. The molecule has 10 nitrogen and oxygen atoms in total. The van der Waals surface area contributed by atoms with Crippen molar-refractivity contribution in [2.24, 2.45) is 0 Å². The van der Waals surface area contributed by atoms with Crippen molar-refractivity contribution in [2.75, 3.05) is 55.3 Å². The first-order chi connectivity index (χ1) is 17.2. The molecule has 2 aliphatic rings. The molecule has 4 N–H and O–H groups in total. The van der Waals surface area contributed by atoms with E-state index in [4.69, 9.17) is 15.2 Å². The van der Waals surface area contributed by atoms with Crippen LogP contribution in [0.5, 0.6) is 5.75 Å². The quantitative estimate of drug-likeness (QED) is 0.492. The molecule has 0 saturated carbocycles. The third-order valence-electron chi connectivity index (χ3n) is 6.12. The molecule has 1 aromatic carbocycles. The highest BCUT2D eigenvalue weighted by Crippen LogP contribution is 2.27. The van der Waals surface area contributed by atoms with Gasteiger partial charge in [0.05, 0.1) is 42.7 Å². The molecule has 35 heavy (non-hydrogen) atoms. The first-order valence-corrected chi connectivity index (χ1v) is 11.9.